The number of hydrogen-bond acceptors (Lipinski definition) is 3. The van der Waals surface area contributed by atoms with E-state index >= 15 is 0 Å². The van der Waals surface area contributed by atoms with E-state index in [9.17, 15) is 22.8 Å². The van der Waals surface area contributed by atoms with Gasteiger partial charge in [0.1, 0.15) is 0 Å². The van der Waals surface area contributed by atoms with Crippen molar-refractivity contribution >= 4 is 11.8 Å². The molecule has 1 aromatic heterocycles. The van der Waals surface area contributed by atoms with Crippen LogP contribution in [0.25, 0.3) is 0 Å². The summed E-state index contributed by atoms with van der Waals surface area (Å²) in [4.78, 5) is 27.4. The van der Waals surface area contributed by atoms with Crippen LogP contribution in [0.3, 0.4) is 0 Å². The number of rotatable bonds is 7. The van der Waals surface area contributed by atoms with Crippen molar-refractivity contribution in [1.82, 2.24) is 15.6 Å². The Morgan fingerprint density at radius 2 is 1.69 bits per heavy atom. The smallest absolute Gasteiger partial charge is 0.354 e. The highest BCUT2D eigenvalue weighted by molar-refractivity contribution is 5.93. The van der Waals surface area contributed by atoms with Crippen LogP contribution < -0.4 is 10.6 Å². The highest BCUT2D eigenvalue weighted by Crippen LogP contribution is 2.37. The van der Waals surface area contributed by atoms with Crippen molar-refractivity contribution in [3.8, 4) is 0 Å². The Balaban J connectivity index is 1.81. The molecule has 0 aliphatic heterocycles. The van der Waals surface area contributed by atoms with E-state index in [2.05, 4.69) is 15.6 Å². The van der Waals surface area contributed by atoms with Gasteiger partial charge in [0.05, 0.1) is 11.5 Å². The highest BCUT2D eigenvalue weighted by Gasteiger charge is 2.41. The van der Waals surface area contributed by atoms with Gasteiger partial charge in [-0.05, 0) is 17.7 Å². The van der Waals surface area contributed by atoms with Crippen molar-refractivity contribution in [2.75, 3.05) is 13.1 Å². The fraction of sp³-hybridized carbons (Fsp3) is 0.278. The quantitative estimate of drug-likeness (QED) is 0.741. The molecule has 2 rings (SSSR count). The second-order valence-electron chi connectivity index (χ2n) is 5.56. The second kappa shape index (κ2) is 8.98. The first-order valence-electron chi connectivity index (χ1n) is 7.94. The SMILES string of the molecule is O=C(CC(c1ccccc1)C(F)(F)F)NCCNC(=O)c1cccnc1. The molecule has 0 radical (unpaired) electrons. The van der Waals surface area contributed by atoms with Crippen LogP contribution in [0, 0.1) is 0 Å². The van der Waals surface area contributed by atoms with E-state index in [0.717, 1.165) is 0 Å². The maximum absolute atomic E-state index is 13.2. The molecular formula is C18H18F3N3O2. The second-order valence-corrected chi connectivity index (χ2v) is 5.56. The maximum Gasteiger partial charge on any atom is 0.396 e. The minimum absolute atomic E-state index is 0.0319. The molecule has 2 N–H and O–H groups in total. The summed E-state index contributed by atoms with van der Waals surface area (Å²) in [5, 5.41) is 4.95. The number of carbonyl (C=O) groups excluding carboxylic acids is 2. The molecule has 2 amide bonds. The Hall–Kier alpha value is -2.90. The first-order valence-corrected chi connectivity index (χ1v) is 7.94. The number of nitrogens with one attached hydrogen (secondary N) is 2. The predicted molar refractivity (Wildman–Crippen MR) is 89.4 cm³/mol. The summed E-state index contributed by atoms with van der Waals surface area (Å²) in [5.74, 6) is -2.97. The molecule has 5 nitrogen and oxygen atoms in total. The number of nitrogens with zero attached hydrogens (tertiary/aromatic N) is 1. The maximum atomic E-state index is 13.2. The van der Waals surface area contributed by atoms with Gasteiger partial charge in [-0.2, -0.15) is 13.2 Å². The fourth-order valence-electron chi connectivity index (χ4n) is 2.34. The zero-order valence-electron chi connectivity index (χ0n) is 13.8. The van der Waals surface area contributed by atoms with Crippen molar-refractivity contribution in [3.05, 3.63) is 66.0 Å². The molecule has 1 heterocycles. The molecule has 0 saturated heterocycles. The molecule has 0 aliphatic rings. The van der Waals surface area contributed by atoms with Gasteiger partial charge >= 0.3 is 6.18 Å². The lowest BCUT2D eigenvalue weighted by molar-refractivity contribution is -0.157. The van der Waals surface area contributed by atoms with Crippen LogP contribution in [-0.4, -0.2) is 36.1 Å². The zero-order valence-corrected chi connectivity index (χ0v) is 13.8. The summed E-state index contributed by atoms with van der Waals surface area (Å²) >= 11 is 0. The third-order valence-corrected chi connectivity index (χ3v) is 3.64. The van der Waals surface area contributed by atoms with E-state index in [1.165, 1.54) is 36.7 Å². The van der Waals surface area contributed by atoms with E-state index in [1.54, 1.807) is 18.2 Å². The lowest BCUT2D eigenvalue weighted by atomic mass is 9.95. The van der Waals surface area contributed by atoms with Crippen molar-refractivity contribution in [2.24, 2.45) is 0 Å². The van der Waals surface area contributed by atoms with Gasteiger partial charge in [0.2, 0.25) is 5.91 Å². The van der Waals surface area contributed by atoms with Gasteiger partial charge < -0.3 is 10.6 Å². The zero-order chi connectivity index (χ0) is 19.0. The van der Waals surface area contributed by atoms with Crippen molar-refractivity contribution in [1.29, 1.82) is 0 Å². The first kappa shape index (κ1) is 19.4. The van der Waals surface area contributed by atoms with Gasteiger partial charge in [-0.25, -0.2) is 0 Å². The molecule has 0 bridgehead atoms. The summed E-state index contributed by atoms with van der Waals surface area (Å²) in [5.41, 5.74) is 0.403. The molecule has 0 fully saturated rings. The number of amides is 2. The summed E-state index contributed by atoms with van der Waals surface area (Å²) in [6, 6.07) is 10.5. The summed E-state index contributed by atoms with van der Waals surface area (Å²) in [6.07, 6.45) is -2.31. The molecule has 8 heteroatoms. The molecule has 2 aromatic rings. The number of benzene rings is 1. The number of halogens is 3. The van der Waals surface area contributed by atoms with E-state index in [4.69, 9.17) is 0 Å². The van der Waals surface area contributed by atoms with E-state index in [1.807, 2.05) is 0 Å². The van der Waals surface area contributed by atoms with Gasteiger partial charge in [-0.15, -0.1) is 0 Å². The van der Waals surface area contributed by atoms with E-state index < -0.39 is 24.4 Å². The van der Waals surface area contributed by atoms with Crippen molar-refractivity contribution in [2.45, 2.75) is 18.5 Å². The Bertz CT molecular complexity index is 721. The summed E-state index contributed by atoms with van der Waals surface area (Å²) in [7, 11) is 0. The third-order valence-electron chi connectivity index (χ3n) is 3.64. The lowest BCUT2D eigenvalue weighted by Crippen LogP contribution is -2.36. The van der Waals surface area contributed by atoms with Crippen LogP contribution in [0.1, 0.15) is 28.3 Å². The molecule has 0 saturated carbocycles. The largest absolute Gasteiger partial charge is 0.396 e. The monoisotopic (exact) mass is 365 g/mol. The van der Waals surface area contributed by atoms with Crippen LogP contribution in [0.2, 0.25) is 0 Å². The highest BCUT2D eigenvalue weighted by atomic mass is 19.4. The number of pyridine rings is 1. The van der Waals surface area contributed by atoms with Crippen LogP contribution in [0.15, 0.2) is 54.9 Å². The summed E-state index contributed by atoms with van der Waals surface area (Å²) < 4.78 is 39.6. The number of alkyl halides is 3. The van der Waals surface area contributed by atoms with Crippen molar-refractivity contribution in [3.63, 3.8) is 0 Å². The van der Waals surface area contributed by atoms with Crippen LogP contribution in [0.4, 0.5) is 13.2 Å². The standard InChI is InChI=1S/C18H18F3N3O2/c19-18(20,21)15(13-5-2-1-3-6-13)11-16(25)23-9-10-24-17(26)14-7-4-8-22-12-14/h1-8,12,15H,9-11H2,(H,23,25)(H,24,26). The normalized spacial score (nSPS) is 12.3. The Morgan fingerprint density at radius 1 is 1.00 bits per heavy atom. The van der Waals surface area contributed by atoms with Crippen LogP contribution in [0.5, 0.6) is 0 Å². The average Bonchev–Trinajstić information content (AvgIpc) is 2.63. The Kier molecular flexibility index (Phi) is 6.71. The molecule has 0 aliphatic carbocycles. The Morgan fingerprint density at radius 3 is 2.31 bits per heavy atom. The van der Waals surface area contributed by atoms with E-state index in [-0.39, 0.29) is 24.6 Å². The van der Waals surface area contributed by atoms with Gasteiger partial charge in [-0.1, -0.05) is 30.3 Å². The Labute approximate surface area is 148 Å². The van der Waals surface area contributed by atoms with Crippen molar-refractivity contribution < 1.29 is 22.8 Å². The number of hydrogen-bond donors (Lipinski definition) is 2. The van der Waals surface area contributed by atoms with Gasteiger partial charge in [0.25, 0.3) is 5.91 Å². The molecule has 26 heavy (non-hydrogen) atoms. The van der Waals surface area contributed by atoms with Gasteiger partial charge in [-0.3, -0.25) is 14.6 Å². The molecule has 138 valence electrons. The third kappa shape index (κ3) is 5.87. The topological polar surface area (TPSA) is 71.1 Å². The molecule has 1 unspecified atom stereocenters. The molecule has 1 aromatic carbocycles. The van der Waals surface area contributed by atoms with Crippen LogP contribution in [-0.2, 0) is 4.79 Å². The average molecular weight is 365 g/mol. The number of carbonyl (C=O) groups is 2. The fourth-order valence-corrected chi connectivity index (χ4v) is 2.34. The van der Waals surface area contributed by atoms with E-state index in [0.29, 0.717) is 5.56 Å². The minimum atomic E-state index is -4.52. The number of aromatic nitrogens is 1. The minimum Gasteiger partial charge on any atom is -0.354 e. The van der Waals surface area contributed by atoms with Gasteiger partial charge in [0.15, 0.2) is 0 Å². The van der Waals surface area contributed by atoms with Gasteiger partial charge in [0, 0.05) is 31.9 Å². The molecule has 0 spiro atoms. The van der Waals surface area contributed by atoms with Crippen LogP contribution >= 0.6 is 0 Å². The first-order chi connectivity index (χ1) is 12.4. The lowest BCUT2D eigenvalue weighted by Gasteiger charge is -2.20. The molecule has 1 atom stereocenters. The predicted octanol–water partition coefficient (Wildman–Crippen LogP) is 2.66. The summed E-state index contributed by atoms with van der Waals surface area (Å²) in [6.45, 7) is 0.131. The molecular weight excluding hydrogens is 347 g/mol.